The van der Waals surface area contributed by atoms with E-state index in [-0.39, 0.29) is 47.9 Å². The molecule has 2 heterocycles. The van der Waals surface area contributed by atoms with E-state index in [0.29, 0.717) is 11.4 Å². The Labute approximate surface area is 205 Å². The van der Waals surface area contributed by atoms with Crippen molar-refractivity contribution in [2.75, 3.05) is 18.7 Å². The van der Waals surface area contributed by atoms with Gasteiger partial charge in [0.1, 0.15) is 12.5 Å². The number of hydrogen-bond acceptors (Lipinski definition) is 5. The Bertz CT molecular complexity index is 1200. The third-order valence-electron chi connectivity index (χ3n) is 8.86. The highest BCUT2D eigenvalue weighted by Gasteiger charge is 2.73. The van der Waals surface area contributed by atoms with E-state index >= 15 is 0 Å². The summed E-state index contributed by atoms with van der Waals surface area (Å²) in [7, 11) is 1.56. The van der Waals surface area contributed by atoms with Gasteiger partial charge in [-0.05, 0) is 29.9 Å². The van der Waals surface area contributed by atoms with E-state index < -0.39 is 11.3 Å². The summed E-state index contributed by atoms with van der Waals surface area (Å²) in [6, 6.07) is 13.0. The third kappa shape index (κ3) is 3.05. The zero-order valence-corrected chi connectivity index (χ0v) is 19.9. The van der Waals surface area contributed by atoms with E-state index in [1.807, 2.05) is 48.5 Å². The number of ether oxygens (including phenoxy) is 1. The minimum Gasteiger partial charge on any atom is -0.364 e. The van der Waals surface area contributed by atoms with Crippen molar-refractivity contribution in [2.24, 2.45) is 29.6 Å². The number of fused-ring (bicyclic) bond motifs is 3. The van der Waals surface area contributed by atoms with Crippen LogP contribution in [-0.2, 0) is 19.7 Å². The molecule has 0 unspecified atom stereocenters. The van der Waals surface area contributed by atoms with Gasteiger partial charge in [0.25, 0.3) is 0 Å². The lowest BCUT2D eigenvalue weighted by Gasteiger charge is -2.41. The molecule has 5 atom stereocenters. The van der Waals surface area contributed by atoms with Crippen LogP contribution in [-0.4, -0.2) is 36.3 Å². The van der Waals surface area contributed by atoms with Crippen molar-refractivity contribution < 1.29 is 19.1 Å². The highest BCUT2D eigenvalue weighted by molar-refractivity contribution is 6.14. The van der Waals surface area contributed by atoms with E-state index in [4.69, 9.17) is 4.74 Å². The van der Waals surface area contributed by atoms with Gasteiger partial charge in [-0.15, -0.1) is 0 Å². The highest BCUT2D eigenvalue weighted by atomic mass is 16.5. The summed E-state index contributed by atoms with van der Waals surface area (Å²) in [6.07, 6.45) is 10.5. The molecule has 1 aromatic carbocycles. The SMILES string of the molecule is COCN1C(=O)[C@@]2(c3cccnc31)[C@H](C1CCCCC1)[C@H]1C(=O)C=C[C@H]1[C@@H]2C(=O)c1ccccc1. The van der Waals surface area contributed by atoms with E-state index in [0.717, 1.165) is 31.2 Å². The van der Waals surface area contributed by atoms with Crippen LogP contribution in [0.2, 0.25) is 0 Å². The molecule has 1 aromatic heterocycles. The first-order chi connectivity index (χ1) is 17.1. The topological polar surface area (TPSA) is 76.6 Å². The molecule has 0 N–H and O–H groups in total. The number of aromatic nitrogens is 1. The lowest BCUT2D eigenvalue weighted by molar-refractivity contribution is -0.129. The van der Waals surface area contributed by atoms with Gasteiger partial charge in [-0.2, -0.15) is 0 Å². The Hall–Kier alpha value is -3.12. The van der Waals surface area contributed by atoms with Gasteiger partial charge in [-0.3, -0.25) is 19.3 Å². The van der Waals surface area contributed by atoms with Crippen molar-refractivity contribution in [3.05, 3.63) is 71.9 Å². The number of allylic oxidation sites excluding steroid dienone is 2. The molecule has 0 radical (unpaired) electrons. The van der Waals surface area contributed by atoms with E-state index in [9.17, 15) is 14.4 Å². The fourth-order valence-electron chi connectivity index (χ4n) is 7.72. The molecule has 3 aliphatic carbocycles. The van der Waals surface area contributed by atoms with Crippen molar-refractivity contribution in [1.82, 2.24) is 4.98 Å². The molecule has 6 rings (SSSR count). The van der Waals surface area contributed by atoms with Gasteiger partial charge in [0.15, 0.2) is 11.6 Å². The minimum absolute atomic E-state index is 0.0525. The maximum Gasteiger partial charge on any atom is 0.241 e. The fraction of sp³-hybridized carbons (Fsp3) is 0.448. The van der Waals surface area contributed by atoms with Crippen LogP contribution >= 0.6 is 0 Å². The Morgan fingerprint density at radius 1 is 1.09 bits per heavy atom. The van der Waals surface area contributed by atoms with Crippen molar-refractivity contribution >= 4 is 23.3 Å². The second kappa shape index (κ2) is 8.52. The summed E-state index contributed by atoms with van der Waals surface area (Å²) in [5, 5.41) is 0. The molecular weight excluding hydrogens is 440 g/mol. The number of methoxy groups -OCH3 is 1. The summed E-state index contributed by atoms with van der Waals surface area (Å²) >= 11 is 0. The summed E-state index contributed by atoms with van der Waals surface area (Å²) in [5.74, 6) is -0.981. The first kappa shape index (κ1) is 22.4. The Morgan fingerprint density at radius 3 is 2.60 bits per heavy atom. The molecule has 35 heavy (non-hydrogen) atoms. The molecule has 2 fully saturated rings. The summed E-state index contributed by atoms with van der Waals surface area (Å²) in [5.41, 5.74) is 0.228. The molecular formula is C29H30N2O4. The predicted octanol–water partition coefficient (Wildman–Crippen LogP) is 4.35. The highest BCUT2D eigenvalue weighted by Crippen LogP contribution is 2.66. The standard InChI is InChI=1S/C29H30N2O4/c1-35-17-31-27-21(13-8-16-30-27)29(28(31)34)24(18-9-4-2-5-10-18)23-20(14-15-22(23)32)25(29)26(33)19-11-6-3-7-12-19/h3,6-8,11-16,18,20,23-25H,2,4-5,9-10,17H2,1H3/t20-,23-,24-,25-,29+/m1/s1. The summed E-state index contributed by atoms with van der Waals surface area (Å²) in [6.45, 7) is 0.0628. The lowest BCUT2D eigenvalue weighted by atomic mass is 9.59. The van der Waals surface area contributed by atoms with Gasteiger partial charge >= 0.3 is 0 Å². The number of carbonyl (C=O) groups is 3. The number of amides is 1. The van der Waals surface area contributed by atoms with Crippen molar-refractivity contribution in [3.8, 4) is 0 Å². The van der Waals surface area contributed by atoms with Gasteiger partial charge < -0.3 is 4.74 Å². The zero-order valence-electron chi connectivity index (χ0n) is 19.9. The van der Waals surface area contributed by atoms with E-state index in [1.165, 1.54) is 6.42 Å². The molecule has 2 aromatic rings. The van der Waals surface area contributed by atoms with Crippen LogP contribution in [0.4, 0.5) is 5.82 Å². The maximum atomic E-state index is 14.6. The quantitative estimate of drug-likeness (QED) is 0.607. The van der Waals surface area contributed by atoms with Crippen LogP contribution in [0.3, 0.4) is 0 Å². The maximum absolute atomic E-state index is 14.6. The van der Waals surface area contributed by atoms with E-state index in [1.54, 1.807) is 24.3 Å². The normalized spacial score (nSPS) is 31.9. The van der Waals surface area contributed by atoms with Crippen LogP contribution in [0.1, 0.15) is 48.0 Å². The first-order valence-corrected chi connectivity index (χ1v) is 12.7. The molecule has 6 nitrogen and oxygen atoms in total. The molecule has 1 aliphatic heterocycles. The average Bonchev–Trinajstić information content (AvgIpc) is 3.50. The number of anilines is 1. The lowest BCUT2D eigenvalue weighted by Crippen LogP contribution is -2.53. The molecule has 0 bridgehead atoms. The monoisotopic (exact) mass is 470 g/mol. The predicted molar refractivity (Wildman–Crippen MR) is 131 cm³/mol. The number of nitrogens with zero attached hydrogens (tertiary/aromatic N) is 2. The summed E-state index contributed by atoms with van der Waals surface area (Å²) < 4.78 is 5.43. The fourth-order valence-corrected chi connectivity index (χ4v) is 7.72. The van der Waals surface area contributed by atoms with Crippen LogP contribution in [0.25, 0.3) is 0 Å². The first-order valence-electron chi connectivity index (χ1n) is 12.7. The number of carbonyl (C=O) groups excluding carboxylic acids is 3. The van der Waals surface area contributed by atoms with Gasteiger partial charge in [0, 0.05) is 36.3 Å². The van der Waals surface area contributed by atoms with Crippen molar-refractivity contribution in [1.29, 1.82) is 0 Å². The Balaban J connectivity index is 1.62. The largest absolute Gasteiger partial charge is 0.364 e. The van der Waals surface area contributed by atoms with Crippen LogP contribution < -0.4 is 4.90 Å². The summed E-state index contributed by atoms with van der Waals surface area (Å²) in [4.78, 5) is 48.6. The van der Waals surface area contributed by atoms with Gasteiger partial charge in [-0.1, -0.05) is 74.6 Å². The number of benzene rings is 1. The molecule has 1 spiro atoms. The second-order valence-electron chi connectivity index (χ2n) is 10.4. The molecule has 0 saturated heterocycles. The van der Waals surface area contributed by atoms with Crippen molar-refractivity contribution in [3.63, 3.8) is 0 Å². The Morgan fingerprint density at radius 2 is 1.86 bits per heavy atom. The molecule has 1 amide bonds. The smallest absolute Gasteiger partial charge is 0.241 e. The second-order valence-corrected chi connectivity index (χ2v) is 10.4. The molecule has 6 heteroatoms. The number of pyridine rings is 1. The van der Waals surface area contributed by atoms with E-state index in [2.05, 4.69) is 4.98 Å². The van der Waals surface area contributed by atoms with Crippen molar-refractivity contribution in [2.45, 2.75) is 37.5 Å². The number of rotatable bonds is 5. The average molecular weight is 471 g/mol. The molecule has 2 saturated carbocycles. The molecule has 4 aliphatic rings. The number of ketones is 2. The van der Waals surface area contributed by atoms with Gasteiger partial charge in [-0.25, -0.2) is 4.98 Å². The van der Waals surface area contributed by atoms with Crippen LogP contribution in [0.15, 0.2) is 60.8 Å². The third-order valence-corrected chi connectivity index (χ3v) is 8.86. The minimum atomic E-state index is -1.13. The number of hydrogen-bond donors (Lipinski definition) is 0. The van der Waals surface area contributed by atoms with Crippen LogP contribution in [0, 0.1) is 29.6 Å². The Kier molecular flexibility index (Phi) is 5.44. The van der Waals surface area contributed by atoms with Crippen LogP contribution in [0.5, 0.6) is 0 Å². The molecule has 180 valence electrons. The van der Waals surface area contributed by atoms with Gasteiger partial charge in [0.05, 0.1) is 5.41 Å². The number of Topliss-reactive ketones (excluding diaryl/α,β-unsaturated/α-hetero) is 1. The van der Waals surface area contributed by atoms with Gasteiger partial charge in [0.2, 0.25) is 5.91 Å². The zero-order chi connectivity index (χ0) is 24.2.